The van der Waals surface area contributed by atoms with Gasteiger partial charge in [0.1, 0.15) is 0 Å². The third-order valence-corrected chi connectivity index (χ3v) is 7.97. The standard InChI is InChI=1S/C23H21NO2S/c1-23(2)17-9-5-7-11-21(17)27(25,26)22-14-20-16(12-13-18(22)23)15-8-4-6-10-19(15)24(20)3/h4-11,13-14H,12H2,1-3H3. The van der Waals surface area contributed by atoms with Crippen LogP contribution in [0, 0.1) is 0 Å². The lowest BCUT2D eigenvalue weighted by Crippen LogP contribution is -2.31. The Morgan fingerprint density at radius 1 is 1.00 bits per heavy atom. The summed E-state index contributed by atoms with van der Waals surface area (Å²) in [5.74, 6) is 0. The topological polar surface area (TPSA) is 39.1 Å². The molecule has 27 heavy (non-hydrogen) atoms. The minimum absolute atomic E-state index is 0.356. The van der Waals surface area contributed by atoms with Crippen molar-refractivity contribution in [1.82, 2.24) is 4.57 Å². The van der Waals surface area contributed by atoms with Crippen molar-refractivity contribution in [2.24, 2.45) is 7.05 Å². The first-order valence-corrected chi connectivity index (χ1v) is 10.7. The molecule has 2 aromatic carbocycles. The molecule has 0 fully saturated rings. The Morgan fingerprint density at radius 2 is 1.70 bits per heavy atom. The lowest BCUT2D eigenvalue weighted by Gasteiger charge is -2.36. The third kappa shape index (κ3) is 2.05. The Labute approximate surface area is 159 Å². The van der Waals surface area contributed by atoms with Crippen LogP contribution < -0.4 is 0 Å². The molecule has 0 spiro atoms. The van der Waals surface area contributed by atoms with E-state index in [1.54, 1.807) is 12.1 Å². The monoisotopic (exact) mass is 375 g/mol. The highest BCUT2D eigenvalue weighted by atomic mass is 32.2. The van der Waals surface area contributed by atoms with Crippen LogP contribution in [0.2, 0.25) is 0 Å². The molecule has 0 unspecified atom stereocenters. The number of para-hydroxylation sites is 1. The number of fused-ring (bicyclic) bond motifs is 5. The lowest BCUT2D eigenvalue weighted by molar-refractivity contribution is 0.569. The van der Waals surface area contributed by atoms with Gasteiger partial charge >= 0.3 is 0 Å². The van der Waals surface area contributed by atoms with Crippen molar-refractivity contribution in [2.45, 2.75) is 30.6 Å². The molecule has 0 radical (unpaired) electrons. The van der Waals surface area contributed by atoms with Crippen molar-refractivity contribution in [3.8, 4) is 0 Å². The number of nitrogens with zero attached hydrogens (tertiary/aromatic N) is 1. The van der Waals surface area contributed by atoms with Gasteiger partial charge < -0.3 is 4.57 Å². The molecule has 0 atom stereocenters. The molecule has 1 aliphatic carbocycles. The van der Waals surface area contributed by atoms with Gasteiger partial charge in [-0.25, -0.2) is 8.42 Å². The van der Waals surface area contributed by atoms with E-state index in [4.69, 9.17) is 0 Å². The van der Waals surface area contributed by atoms with E-state index in [1.807, 2.05) is 37.4 Å². The zero-order valence-corrected chi connectivity index (χ0v) is 16.5. The first kappa shape index (κ1) is 16.6. The van der Waals surface area contributed by atoms with Gasteiger partial charge in [-0.15, -0.1) is 0 Å². The van der Waals surface area contributed by atoms with Gasteiger partial charge in [0.05, 0.1) is 9.80 Å². The molecule has 4 heteroatoms. The fourth-order valence-corrected chi connectivity index (χ4v) is 6.67. The molecule has 2 heterocycles. The van der Waals surface area contributed by atoms with Crippen LogP contribution in [0.5, 0.6) is 0 Å². The Kier molecular flexibility index (Phi) is 3.21. The van der Waals surface area contributed by atoms with E-state index in [1.165, 1.54) is 10.9 Å². The molecule has 0 bridgehead atoms. The van der Waals surface area contributed by atoms with Crippen LogP contribution in [0.3, 0.4) is 0 Å². The van der Waals surface area contributed by atoms with Crippen molar-refractivity contribution in [2.75, 3.05) is 0 Å². The van der Waals surface area contributed by atoms with Gasteiger partial charge in [-0.1, -0.05) is 56.3 Å². The van der Waals surface area contributed by atoms with Crippen molar-refractivity contribution in [3.05, 3.63) is 81.9 Å². The Morgan fingerprint density at radius 3 is 2.52 bits per heavy atom. The number of aromatic nitrogens is 1. The first-order valence-electron chi connectivity index (χ1n) is 9.17. The van der Waals surface area contributed by atoms with Gasteiger partial charge in [-0.05, 0) is 41.3 Å². The van der Waals surface area contributed by atoms with Gasteiger partial charge in [0.15, 0.2) is 0 Å². The molecule has 5 rings (SSSR count). The molecule has 1 aromatic heterocycles. The molecular weight excluding hydrogens is 354 g/mol. The smallest absolute Gasteiger partial charge is 0.207 e. The first-order chi connectivity index (χ1) is 12.8. The average molecular weight is 375 g/mol. The molecule has 0 saturated heterocycles. The van der Waals surface area contributed by atoms with Crippen molar-refractivity contribution in [1.29, 1.82) is 0 Å². The predicted molar refractivity (Wildman–Crippen MR) is 109 cm³/mol. The van der Waals surface area contributed by atoms with Crippen LogP contribution in [0.25, 0.3) is 17.0 Å². The van der Waals surface area contributed by atoms with Crippen LogP contribution in [-0.4, -0.2) is 13.0 Å². The molecule has 3 nitrogen and oxygen atoms in total. The Balaban J connectivity index is 1.89. The van der Waals surface area contributed by atoms with Crippen LogP contribution in [0.1, 0.15) is 30.7 Å². The van der Waals surface area contributed by atoms with Gasteiger partial charge in [0.25, 0.3) is 0 Å². The molecule has 2 aliphatic rings. The second-order valence-corrected chi connectivity index (χ2v) is 9.78. The zero-order valence-electron chi connectivity index (χ0n) is 15.7. The molecule has 0 saturated carbocycles. The number of hydrogen-bond donors (Lipinski definition) is 0. The maximum absolute atomic E-state index is 13.5. The summed E-state index contributed by atoms with van der Waals surface area (Å²) in [4.78, 5) is 0.872. The Bertz CT molecular complexity index is 1290. The highest BCUT2D eigenvalue weighted by molar-refractivity contribution is 7.95. The van der Waals surface area contributed by atoms with E-state index in [0.717, 1.165) is 28.8 Å². The summed E-state index contributed by atoms with van der Waals surface area (Å²) in [6.45, 7) is 4.24. The third-order valence-electron chi connectivity index (χ3n) is 6.12. The minimum atomic E-state index is -3.55. The SMILES string of the molecule is Cn1c2c(c3ccccc31)CC=C1C(=C2)S(=O)(=O)c2ccccc2C1(C)C. The van der Waals surface area contributed by atoms with E-state index in [0.29, 0.717) is 9.80 Å². The number of sulfone groups is 1. The fourth-order valence-electron chi connectivity index (χ4n) is 4.66. The van der Waals surface area contributed by atoms with Gasteiger partial charge in [0.2, 0.25) is 9.84 Å². The fraction of sp³-hybridized carbons (Fsp3) is 0.217. The van der Waals surface area contributed by atoms with Crippen LogP contribution in [0.15, 0.2) is 70.0 Å². The summed E-state index contributed by atoms with van der Waals surface area (Å²) in [5, 5.41) is 1.19. The number of rotatable bonds is 0. The molecule has 3 aromatic rings. The molecule has 0 amide bonds. The zero-order chi connectivity index (χ0) is 19.0. The van der Waals surface area contributed by atoms with E-state index < -0.39 is 9.84 Å². The van der Waals surface area contributed by atoms with Crippen molar-refractivity contribution < 1.29 is 8.42 Å². The second-order valence-electron chi connectivity index (χ2n) is 7.90. The maximum atomic E-state index is 13.5. The van der Waals surface area contributed by atoms with Crippen LogP contribution in [0.4, 0.5) is 0 Å². The van der Waals surface area contributed by atoms with Crippen molar-refractivity contribution in [3.63, 3.8) is 0 Å². The van der Waals surface area contributed by atoms with Gasteiger partial charge in [-0.3, -0.25) is 0 Å². The summed E-state index contributed by atoms with van der Waals surface area (Å²) in [6.07, 6.45) is 4.74. The highest BCUT2D eigenvalue weighted by Crippen LogP contribution is 2.49. The number of aryl methyl sites for hydroxylation is 1. The summed E-state index contributed by atoms with van der Waals surface area (Å²) < 4.78 is 29.1. The number of allylic oxidation sites excluding steroid dienone is 2. The molecule has 136 valence electrons. The Hall–Kier alpha value is -2.59. The predicted octanol–water partition coefficient (Wildman–Crippen LogP) is 4.77. The highest BCUT2D eigenvalue weighted by Gasteiger charge is 2.43. The van der Waals surface area contributed by atoms with Crippen molar-refractivity contribution >= 4 is 26.8 Å². The van der Waals surface area contributed by atoms with E-state index in [-0.39, 0.29) is 5.41 Å². The van der Waals surface area contributed by atoms with E-state index >= 15 is 0 Å². The quantitative estimate of drug-likeness (QED) is 0.568. The number of hydrogen-bond acceptors (Lipinski definition) is 2. The summed E-state index contributed by atoms with van der Waals surface area (Å²) in [7, 11) is -1.54. The van der Waals surface area contributed by atoms with Crippen LogP contribution in [-0.2, 0) is 28.7 Å². The van der Waals surface area contributed by atoms with Gasteiger partial charge in [-0.2, -0.15) is 0 Å². The molecule has 0 N–H and O–H groups in total. The summed E-state index contributed by atoms with van der Waals surface area (Å²) in [6, 6.07) is 15.7. The van der Waals surface area contributed by atoms with Gasteiger partial charge in [0, 0.05) is 29.1 Å². The van der Waals surface area contributed by atoms with E-state index in [9.17, 15) is 8.42 Å². The minimum Gasteiger partial charge on any atom is -0.344 e. The number of benzene rings is 2. The lowest BCUT2D eigenvalue weighted by atomic mass is 9.76. The van der Waals surface area contributed by atoms with E-state index in [2.05, 4.69) is 36.6 Å². The summed E-state index contributed by atoms with van der Waals surface area (Å²) in [5.41, 5.74) is 4.73. The summed E-state index contributed by atoms with van der Waals surface area (Å²) >= 11 is 0. The normalized spacial score (nSPS) is 19.4. The largest absolute Gasteiger partial charge is 0.344 e. The second kappa shape index (κ2) is 5.23. The average Bonchev–Trinajstić information content (AvgIpc) is 2.81. The maximum Gasteiger partial charge on any atom is 0.207 e. The van der Waals surface area contributed by atoms with Crippen LogP contribution >= 0.6 is 0 Å². The molecule has 1 aliphatic heterocycles. The molecular formula is C23H21NO2S.